The second kappa shape index (κ2) is 18.4. The van der Waals surface area contributed by atoms with Gasteiger partial charge in [-0.3, -0.25) is 0 Å². The van der Waals surface area contributed by atoms with Gasteiger partial charge in [0.05, 0.1) is 16.5 Å². The lowest BCUT2D eigenvalue weighted by Gasteiger charge is -2.50. The van der Waals surface area contributed by atoms with E-state index in [-0.39, 0.29) is 33.7 Å². The number of allylic oxidation sites excluding steroid dienone is 2. The number of para-hydroxylation sites is 2. The van der Waals surface area contributed by atoms with E-state index in [4.69, 9.17) is 0 Å². The minimum absolute atomic E-state index is 0.0182. The van der Waals surface area contributed by atoms with Crippen LogP contribution in [0.15, 0.2) is 248 Å². The molecule has 11 aromatic carbocycles. The summed E-state index contributed by atoms with van der Waals surface area (Å²) in [6.07, 6.45) is 17.5. The third kappa shape index (κ3) is 6.77. The van der Waals surface area contributed by atoms with Gasteiger partial charge in [0.1, 0.15) is 0 Å². The summed E-state index contributed by atoms with van der Waals surface area (Å²) in [5, 5.41) is 2.75. The summed E-state index contributed by atoms with van der Waals surface area (Å²) in [5.74, 6) is 0.397. The normalized spacial score (nSPS) is 25.8. The molecule has 430 valence electrons. The minimum atomic E-state index is -0.515. The van der Waals surface area contributed by atoms with Crippen LogP contribution in [0, 0.1) is 0 Å². The molecule has 0 saturated heterocycles. The summed E-state index contributed by atoms with van der Waals surface area (Å²) < 4.78 is 0. The summed E-state index contributed by atoms with van der Waals surface area (Å²) in [4.78, 5) is 5.36. The van der Waals surface area contributed by atoms with Crippen molar-refractivity contribution >= 4 is 45.7 Å². The smallest absolute Gasteiger partial charge is 0.0686 e. The number of hydrogen-bond acceptors (Lipinski definition) is 2. The van der Waals surface area contributed by atoms with Gasteiger partial charge >= 0.3 is 0 Å². The molecule has 0 bridgehead atoms. The van der Waals surface area contributed by atoms with Crippen LogP contribution in [0.1, 0.15) is 141 Å². The summed E-state index contributed by atoms with van der Waals surface area (Å²) >= 11 is 0. The van der Waals surface area contributed by atoms with Crippen LogP contribution in [0.25, 0.3) is 78.6 Å². The first-order valence-electron chi connectivity index (χ1n) is 33.1. The highest BCUT2D eigenvalue weighted by Crippen LogP contribution is 2.70. The molecule has 0 N–H and O–H groups in total. The summed E-state index contributed by atoms with van der Waals surface area (Å²) in [5.41, 5.74) is 32.0. The van der Waals surface area contributed by atoms with Gasteiger partial charge < -0.3 is 9.80 Å². The fourth-order valence-corrected chi connectivity index (χ4v) is 19.9. The molecule has 11 aromatic rings. The number of hydrogen-bond donors (Lipinski definition) is 0. The molecule has 8 aliphatic rings. The number of anilines is 4. The van der Waals surface area contributed by atoms with Gasteiger partial charge in [-0.25, -0.2) is 0 Å². The zero-order chi connectivity index (χ0) is 59.2. The van der Waals surface area contributed by atoms with Gasteiger partial charge in [-0.05, 0) is 222 Å². The van der Waals surface area contributed by atoms with Crippen molar-refractivity contribution in [2.75, 3.05) is 9.80 Å². The Morgan fingerprint density at radius 3 is 1.36 bits per heavy atom. The van der Waals surface area contributed by atoms with E-state index in [1.165, 1.54) is 196 Å². The average molecular weight is 1150 g/mol. The number of benzene rings is 11. The van der Waals surface area contributed by atoms with Gasteiger partial charge in [0, 0.05) is 45.4 Å². The molecule has 2 heterocycles. The van der Waals surface area contributed by atoms with E-state index in [0.717, 1.165) is 0 Å². The Kier molecular flexibility index (Phi) is 10.7. The highest BCUT2D eigenvalue weighted by Gasteiger charge is 2.61. The van der Waals surface area contributed by atoms with Crippen molar-refractivity contribution in [3.05, 3.63) is 298 Å². The quantitative estimate of drug-likeness (QED) is 0.164. The van der Waals surface area contributed by atoms with Crippen molar-refractivity contribution in [1.29, 1.82) is 0 Å². The first-order valence-corrected chi connectivity index (χ1v) is 33.1. The van der Waals surface area contributed by atoms with Gasteiger partial charge in [0.15, 0.2) is 0 Å². The number of nitrogens with zero attached hydrogens (tertiary/aromatic N) is 2. The zero-order valence-corrected chi connectivity index (χ0v) is 51.5. The molecule has 0 radical (unpaired) electrons. The molecule has 19 rings (SSSR count). The van der Waals surface area contributed by atoms with E-state index in [1.807, 2.05) is 0 Å². The Bertz CT molecular complexity index is 4650. The van der Waals surface area contributed by atoms with Crippen LogP contribution >= 0.6 is 0 Å². The molecular formula is C87H72N2. The van der Waals surface area contributed by atoms with Crippen LogP contribution in [0.4, 0.5) is 22.7 Å². The summed E-state index contributed by atoms with van der Waals surface area (Å²) in [6.45, 7) is 10.2. The van der Waals surface area contributed by atoms with Crippen LogP contribution in [0.3, 0.4) is 0 Å². The number of fused-ring (bicyclic) bond motifs is 17. The lowest BCUT2D eigenvalue weighted by molar-refractivity contribution is 0.195. The van der Waals surface area contributed by atoms with Crippen LogP contribution < -0.4 is 9.80 Å². The largest absolute Gasteiger partial charge is 0.334 e. The van der Waals surface area contributed by atoms with Gasteiger partial charge in [0.25, 0.3) is 0 Å². The summed E-state index contributed by atoms with van der Waals surface area (Å²) in [6, 6.07) is 92.1. The molecule has 2 heteroatoms. The predicted octanol–water partition coefficient (Wildman–Crippen LogP) is 22.6. The fraction of sp³-hybridized carbons (Fsp3) is 0.218. The van der Waals surface area contributed by atoms with Crippen molar-refractivity contribution < 1.29 is 0 Å². The Morgan fingerprint density at radius 1 is 0.371 bits per heavy atom. The third-order valence-corrected chi connectivity index (χ3v) is 24.6. The van der Waals surface area contributed by atoms with Gasteiger partial charge in [-0.1, -0.05) is 234 Å². The molecule has 6 unspecified atom stereocenters. The van der Waals surface area contributed by atoms with Crippen molar-refractivity contribution in [2.24, 2.45) is 0 Å². The van der Waals surface area contributed by atoms with Crippen molar-refractivity contribution in [2.45, 2.75) is 118 Å². The molecule has 0 aromatic heterocycles. The van der Waals surface area contributed by atoms with Crippen LogP contribution in [0.5, 0.6) is 0 Å². The highest BCUT2D eigenvalue weighted by molar-refractivity contribution is 6.01. The lowest BCUT2D eigenvalue weighted by Crippen LogP contribution is -2.54. The topological polar surface area (TPSA) is 6.48 Å². The van der Waals surface area contributed by atoms with Crippen LogP contribution in [-0.4, -0.2) is 11.1 Å². The Labute approximate surface area is 524 Å². The van der Waals surface area contributed by atoms with E-state index in [1.54, 1.807) is 0 Å². The first-order chi connectivity index (χ1) is 43.6. The molecule has 2 nitrogen and oxygen atoms in total. The van der Waals surface area contributed by atoms with Crippen LogP contribution in [-0.2, 0) is 16.2 Å². The van der Waals surface area contributed by atoms with E-state index >= 15 is 0 Å². The maximum absolute atomic E-state index is 2.68. The average Bonchev–Trinajstić information content (AvgIpc) is 1.51. The Balaban J connectivity index is 0.730. The van der Waals surface area contributed by atoms with E-state index < -0.39 is 5.41 Å². The molecule has 6 aliphatic carbocycles. The standard InChI is InChI=1S/C87H72N2/c1-83-46-13-15-48-85(83,3)88(66-20-7-5-8-21-66)78-44-39-63(52-75(78)83)57-30-26-55(27-31-57)61-37-41-68-69-42-38-62(56-28-32-58(33-29-56)64-40-45-79-76(53-64)84(2)47-14-16-49-86(84,4)89(79)67-22-9-6-10-23-67)51-74(69)87(73(68)50-61)72-25-12-11-24-70(72)82-71-43-36-60-19-17-18-59-34-35-65(54-77(82)87)81(71)80(59)60/h5-12,17-45,50-54,71,82H,13-16,46-49H2,1-4H3. The third-order valence-electron chi connectivity index (χ3n) is 24.6. The Morgan fingerprint density at radius 2 is 0.831 bits per heavy atom. The predicted molar refractivity (Wildman–Crippen MR) is 372 cm³/mol. The molecule has 2 saturated carbocycles. The van der Waals surface area contributed by atoms with Crippen LogP contribution in [0.2, 0.25) is 0 Å². The minimum Gasteiger partial charge on any atom is -0.334 e. The summed E-state index contributed by atoms with van der Waals surface area (Å²) in [7, 11) is 0. The monoisotopic (exact) mass is 1140 g/mol. The molecule has 2 fully saturated rings. The highest BCUT2D eigenvalue weighted by atomic mass is 15.3. The maximum atomic E-state index is 2.68. The molecular weight excluding hydrogens is 1070 g/mol. The van der Waals surface area contributed by atoms with Crippen molar-refractivity contribution in [3.8, 4) is 55.6 Å². The second-order valence-electron chi connectivity index (χ2n) is 28.4. The van der Waals surface area contributed by atoms with Gasteiger partial charge in [-0.15, -0.1) is 0 Å². The van der Waals surface area contributed by atoms with E-state index in [2.05, 4.69) is 292 Å². The Hall–Kier alpha value is -9.24. The number of rotatable bonds is 6. The zero-order valence-electron chi connectivity index (χ0n) is 51.5. The first kappa shape index (κ1) is 51.8. The molecule has 0 amide bonds. The maximum Gasteiger partial charge on any atom is 0.0686 e. The van der Waals surface area contributed by atoms with Crippen molar-refractivity contribution in [1.82, 2.24) is 0 Å². The van der Waals surface area contributed by atoms with E-state index in [9.17, 15) is 0 Å². The van der Waals surface area contributed by atoms with Gasteiger partial charge in [0.2, 0.25) is 0 Å². The second-order valence-corrected chi connectivity index (χ2v) is 28.4. The fourth-order valence-electron chi connectivity index (χ4n) is 19.9. The van der Waals surface area contributed by atoms with E-state index in [0.29, 0.717) is 0 Å². The molecule has 2 aliphatic heterocycles. The molecule has 89 heavy (non-hydrogen) atoms. The lowest BCUT2D eigenvalue weighted by atomic mass is 9.61. The molecule has 6 atom stereocenters. The van der Waals surface area contributed by atoms with Gasteiger partial charge in [-0.2, -0.15) is 0 Å². The van der Waals surface area contributed by atoms with Crippen molar-refractivity contribution in [3.63, 3.8) is 0 Å². The molecule has 1 spiro atoms. The SMILES string of the molecule is CC12CCCCC1(C)N(c1ccccc1)c1ccc(-c3ccc(-c4ccc5c(c4)C4(C6=Cc7ccc8cccc9c8c7C(C=C9)C6c6ccccc64)c4cc(-c6ccc(-c7ccc8c(c7)C7(C)CCCCC7(C)N8c7ccccc7)cc6)ccc4-5)cc3)cc12.